The summed E-state index contributed by atoms with van der Waals surface area (Å²) in [6, 6.07) is 17.6. The lowest BCUT2D eigenvalue weighted by atomic mass is 10.2. The first-order valence-electron chi connectivity index (χ1n) is 10.1. The van der Waals surface area contributed by atoms with E-state index < -0.39 is 17.7 Å². The third kappa shape index (κ3) is 5.35. The first-order valence-corrected chi connectivity index (χ1v) is 11.2. The minimum atomic E-state index is -1.01. The summed E-state index contributed by atoms with van der Waals surface area (Å²) in [7, 11) is 1.44. The van der Waals surface area contributed by atoms with E-state index in [1.165, 1.54) is 23.9 Å². The Morgan fingerprint density at radius 2 is 1.51 bits per heavy atom. The van der Waals surface area contributed by atoms with Gasteiger partial charge in [-0.2, -0.15) is 0 Å². The lowest BCUT2D eigenvalue weighted by Gasteiger charge is -2.14. The number of nitrogens with zero attached hydrogens (tertiary/aromatic N) is 1. The smallest absolute Gasteiger partial charge is 0.328 e. The van der Waals surface area contributed by atoms with Crippen LogP contribution in [0.15, 0.2) is 66.7 Å². The number of benzene rings is 3. The van der Waals surface area contributed by atoms with Gasteiger partial charge >= 0.3 is 11.8 Å². The van der Waals surface area contributed by atoms with Crippen molar-refractivity contribution in [1.29, 1.82) is 0 Å². The molecule has 35 heavy (non-hydrogen) atoms. The number of fused-ring (bicyclic) bond motifs is 1. The van der Waals surface area contributed by atoms with Gasteiger partial charge in [0.15, 0.2) is 0 Å². The normalized spacial score (nSPS) is 10.6. The van der Waals surface area contributed by atoms with Crippen LogP contribution in [0.25, 0.3) is 10.9 Å². The molecule has 0 spiro atoms. The Hall–Kier alpha value is -3.72. The maximum absolute atomic E-state index is 13.1. The van der Waals surface area contributed by atoms with Crippen molar-refractivity contribution in [3.63, 3.8) is 0 Å². The van der Waals surface area contributed by atoms with E-state index in [-0.39, 0.29) is 10.7 Å². The van der Waals surface area contributed by atoms with Crippen LogP contribution in [0.4, 0.5) is 11.4 Å². The number of carbonyl (C=O) groups is 3. The number of para-hydroxylation sites is 2. The van der Waals surface area contributed by atoms with Crippen molar-refractivity contribution >= 4 is 74.8 Å². The van der Waals surface area contributed by atoms with Gasteiger partial charge in [-0.25, -0.2) is 4.68 Å². The molecule has 1 heterocycles. The summed E-state index contributed by atoms with van der Waals surface area (Å²) < 4.78 is 6.39. The van der Waals surface area contributed by atoms with E-state index in [4.69, 9.17) is 39.5 Å². The predicted octanol–water partition coefficient (Wildman–Crippen LogP) is 5.57. The second-order valence-corrected chi connectivity index (χ2v) is 8.52. The molecule has 1 aromatic heterocycles. The van der Waals surface area contributed by atoms with E-state index in [1.807, 2.05) is 0 Å². The predicted molar refractivity (Wildman–Crippen MR) is 137 cm³/mol. The second kappa shape index (κ2) is 10.3. The minimum absolute atomic E-state index is 0.0340. The van der Waals surface area contributed by atoms with Crippen molar-refractivity contribution in [3.05, 3.63) is 87.5 Å². The van der Waals surface area contributed by atoms with Crippen LogP contribution in [-0.4, -0.2) is 29.5 Å². The molecule has 0 saturated carbocycles. The lowest BCUT2D eigenvalue weighted by Crippen LogP contribution is -2.36. The van der Waals surface area contributed by atoms with Gasteiger partial charge in [0.2, 0.25) is 0 Å². The van der Waals surface area contributed by atoms with E-state index in [0.29, 0.717) is 38.1 Å². The van der Waals surface area contributed by atoms with Crippen LogP contribution in [0.2, 0.25) is 15.1 Å². The molecule has 11 heteroatoms. The third-order valence-corrected chi connectivity index (χ3v) is 5.73. The van der Waals surface area contributed by atoms with Crippen molar-refractivity contribution in [2.24, 2.45) is 0 Å². The number of halogens is 3. The van der Waals surface area contributed by atoms with Gasteiger partial charge in [-0.1, -0.05) is 46.9 Å². The SMILES string of the molecule is COc1ccccc1NC(=O)C(=O)Nn1c(C(=O)Nc2ccc(Cl)cc2Cl)cc2cc(Cl)ccc21. The van der Waals surface area contributed by atoms with Crippen LogP contribution in [0.1, 0.15) is 10.5 Å². The van der Waals surface area contributed by atoms with Gasteiger partial charge in [0, 0.05) is 15.4 Å². The molecule has 0 saturated heterocycles. The summed E-state index contributed by atoms with van der Waals surface area (Å²) in [5, 5.41) is 6.81. The zero-order valence-electron chi connectivity index (χ0n) is 18.1. The maximum atomic E-state index is 13.1. The minimum Gasteiger partial charge on any atom is -0.495 e. The summed E-state index contributed by atoms with van der Waals surface area (Å²) in [6.07, 6.45) is 0. The van der Waals surface area contributed by atoms with Gasteiger partial charge in [-0.3, -0.25) is 19.8 Å². The first-order chi connectivity index (χ1) is 16.8. The highest BCUT2D eigenvalue weighted by Crippen LogP contribution is 2.28. The highest BCUT2D eigenvalue weighted by atomic mass is 35.5. The number of ether oxygens (including phenoxy) is 1. The Kier molecular flexibility index (Phi) is 7.16. The summed E-state index contributed by atoms with van der Waals surface area (Å²) in [5.74, 6) is -2.18. The molecular weight excluding hydrogens is 515 g/mol. The van der Waals surface area contributed by atoms with Gasteiger partial charge < -0.3 is 15.4 Å². The standard InChI is InChI=1S/C24H17Cl3N4O4/c1-35-21-5-3-2-4-18(21)29-23(33)24(34)30-31-19-9-7-14(25)10-13(19)11-20(31)22(32)28-17-8-6-15(26)12-16(17)27/h2-12H,1H3,(H,28,32)(H,29,33)(H,30,34). The van der Waals surface area contributed by atoms with Crippen LogP contribution >= 0.6 is 34.8 Å². The highest BCUT2D eigenvalue weighted by Gasteiger charge is 2.22. The van der Waals surface area contributed by atoms with Crippen molar-refractivity contribution in [2.75, 3.05) is 23.2 Å². The van der Waals surface area contributed by atoms with E-state index in [2.05, 4.69) is 16.1 Å². The molecule has 0 bridgehead atoms. The number of anilines is 2. The van der Waals surface area contributed by atoms with E-state index in [9.17, 15) is 14.4 Å². The van der Waals surface area contributed by atoms with Crippen LogP contribution < -0.4 is 20.8 Å². The average molecular weight is 532 g/mol. The molecule has 178 valence electrons. The molecule has 0 radical (unpaired) electrons. The zero-order chi connectivity index (χ0) is 25.1. The molecular formula is C24H17Cl3N4O4. The largest absolute Gasteiger partial charge is 0.495 e. The molecule has 0 atom stereocenters. The molecule has 3 amide bonds. The fourth-order valence-electron chi connectivity index (χ4n) is 3.33. The van der Waals surface area contributed by atoms with E-state index in [1.54, 1.807) is 54.6 Å². The number of methoxy groups -OCH3 is 1. The highest BCUT2D eigenvalue weighted by molar-refractivity contribution is 6.42. The molecule has 0 unspecified atom stereocenters. The molecule has 0 aliphatic carbocycles. The number of carbonyl (C=O) groups excluding carboxylic acids is 3. The van der Waals surface area contributed by atoms with Crippen molar-refractivity contribution < 1.29 is 19.1 Å². The summed E-state index contributed by atoms with van der Waals surface area (Å²) in [4.78, 5) is 38.5. The molecule has 0 aliphatic rings. The van der Waals surface area contributed by atoms with Gasteiger partial charge in [-0.05, 0) is 54.6 Å². The van der Waals surface area contributed by atoms with Crippen LogP contribution in [0.3, 0.4) is 0 Å². The van der Waals surface area contributed by atoms with Crippen molar-refractivity contribution in [2.45, 2.75) is 0 Å². The molecule has 8 nitrogen and oxygen atoms in total. The van der Waals surface area contributed by atoms with Crippen molar-refractivity contribution in [1.82, 2.24) is 4.68 Å². The van der Waals surface area contributed by atoms with Crippen LogP contribution in [-0.2, 0) is 9.59 Å². The lowest BCUT2D eigenvalue weighted by molar-refractivity contribution is -0.133. The van der Waals surface area contributed by atoms with Gasteiger partial charge in [-0.15, -0.1) is 0 Å². The van der Waals surface area contributed by atoms with E-state index >= 15 is 0 Å². The fraction of sp³-hybridized carbons (Fsp3) is 0.0417. The first kappa shape index (κ1) is 24.4. The fourth-order valence-corrected chi connectivity index (χ4v) is 3.97. The Morgan fingerprint density at radius 1 is 0.800 bits per heavy atom. The quantitative estimate of drug-likeness (QED) is 0.293. The van der Waals surface area contributed by atoms with Gasteiger partial charge in [0.1, 0.15) is 11.4 Å². The van der Waals surface area contributed by atoms with Gasteiger partial charge in [0.25, 0.3) is 5.91 Å². The van der Waals surface area contributed by atoms with Crippen molar-refractivity contribution in [3.8, 4) is 5.75 Å². The topological polar surface area (TPSA) is 101 Å². The van der Waals surface area contributed by atoms with Gasteiger partial charge in [0.05, 0.1) is 29.0 Å². The molecule has 4 aromatic rings. The third-order valence-electron chi connectivity index (χ3n) is 4.95. The van der Waals surface area contributed by atoms with E-state index in [0.717, 1.165) is 0 Å². The number of rotatable bonds is 5. The monoisotopic (exact) mass is 530 g/mol. The molecule has 3 aromatic carbocycles. The number of aromatic nitrogens is 1. The Labute approximate surface area is 214 Å². The summed E-state index contributed by atoms with van der Waals surface area (Å²) in [6.45, 7) is 0. The Morgan fingerprint density at radius 3 is 2.26 bits per heavy atom. The second-order valence-electron chi connectivity index (χ2n) is 7.24. The molecule has 0 aliphatic heterocycles. The maximum Gasteiger partial charge on any atom is 0.328 e. The number of nitrogens with one attached hydrogen (secondary N) is 3. The number of hydrogen-bond donors (Lipinski definition) is 3. The summed E-state index contributed by atoms with van der Waals surface area (Å²) >= 11 is 18.2. The zero-order valence-corrected chi connectivity index (χ0v) is 20.3. The van der Waals surface area contributed by atoms with Crippen LogP contribution in [0, 0.1) is 0 Å². The van der Waals surface area contributed by atoms with Crippen LogP contribution in [0.5, 0.6) is 5.75 Å². The summed E-state index contributed by atoms with van der Waals surface area (Å²) in [5.41, 5.74) is 3.58. The number of amides is 3. The Bertz CT molecular complexity index is 1470. The molecule has 3 N–H and O–H groups in total. The number of hydrogen-bond acceptors (Lipinski definition) is 4. The molecule has 0 fully saturated rings. The Balaban J connectivity index is 1.64. The average Bonchev–Trinajstić information content (AvgIpc) is 3.18. The molecule has 4 rings (SSSR count).